The Bertz CT molecular complexity index is 1610. The van der Waals surface area contributed by atoms with Gasteiger partial charge in [-0.3, -0.25) is 9.71 Å². The summed E-state index contributed by atoms with van der Waals surface area (Å²) in [5.41, 5.74) is 1.12. The average molecular weight is 490 g/mol. The van der Waals surface area contributed by atoms with E-state index in [-0.39, 0.29) is 27.5 Å². The second-order valence-electron chi connectivity index (χ2n) is 7.15. The lowest BCUT2D eigenvalue weighted by molar-refractivity contribution is 0.0686. The first-order valence-corrected chi connectivity index (χ1v) is 11.7. The number of aromatic nitrogens is 2. The van der Waals surface area contributed by atoms with Crippen LogP contribution in [0.3, 0.4) is 0 Å². The quantitative estimate of drug-likeness (QED) is 0.394. The number of anilines is 1. The summed E-state index contributed by atoms with van der Waals surface area (Å²) < 4.78 is 39.6. The summed E-state index contributed by atoms with van der Waals surface area (Å²) in [5, 5.41) is 9.74. The van der Waals surface area contributed by atoms with Gasteiger partial charge in [-0.05, 0) is 42.5 Å². The van der Waals surface area contributed by atoms with Gasteiger partial charge in [-0.15, -0.1) is 0 Å². The molecule has 10 heteroatoms. The number of carboxylic acids is 1. The highest BCUT2D eigenvalue weighted by Crippen LogP contribution is 2.30. The first-order valence-electron chi connectivity index (χ1n) is 10.2. The second-order valence-corrected chi connectivity index (χ2v) is 8.80. The van der Waals surface area contributed by atoms with Crippen molar-refractivity contribution in [3.8, 4) is 23.3 Å². The van der Waals surface area contributed by atoms with Crippen LogP contribution < -0.4 is 14.2 Å². The lowest BCUT2D eigenvalue weighted by Gasteiger charge is -2.13. The van der Waals surface area contributed by atoms with Gasteiger partial charge in [0.15, 0.2) is 11.4 Å². The Balaban J connectivity index is 1.71. The molecule has 0 atom stereocenters. The van der Waals surface area contributed by atoms with E-state index in [0.29, 0.717) is 22.3 Å². The number of fused-ring (bicyclic) bond motifs is 1. The molecule has 0 saturated carbocycles. The number of methoxy groups -OCH3 is 2. The lowest BCUT2D eigenvalue weighted by atomic mass is 10.1. The van der Waals surface area contributed by atoms with E-state index < -0.39 is 16.0 Å². The Morgan fingerprint density at radius 3 is 2.49 bits per heavy atom. The van der Waals surface area contributed by atoms with Gasteiger partial charge in [-0.25, -0.2) is 18.2 Å². The number of nitrogens with one attached hydrogen (secondary N) is 1. The fourth-order valence-electron chi connectivity index (χ4n) is 3.36. The SMILES string of the molecule is COc1cc(C#Cc2ccccc2NS(=O)(=O)c2ccc(OC)c3cccnc23)cnc1C(=O)O. The number of ether oxygens (including phenoxy) is 2. The molecular formula is C25H19N3O6S. The number of carbonyl (C=O) groups is 1. The monoisotopic (exact) mass is 489 g/mol. The van der Waals surface area contributed by atoms with Crippen LogP contribution in [0.15, 0.2) is 71.9 Å². The summed E-state index contributed by atoms with van der Waals surface area (Å²) in [7, 11) is -1.19. The van der Waals surface area contributed by atoms with Gasteiger partial charge < -0.3 is 14.6 Å². The van der Waals surface area contributed by atoms with Crippen molar-refractivity contribution in [1.29, 1.82) is 0 Å². The molecule has 9 nitrogen and oxygen atoms in total. The van der Waals surface area contributed by atoms with Gasteiger partial charge in [0, 0.05) is 28.9 Å². The molecule has 0 amide bonds. The topological polar surface area (TPSA) is 128 Å². The fraction of sp³-hybridized carbons (Fsp3) is 0.0800. The Morgan fingerprint density at radius 2 is 1.74 bits per heavy atom. The van der Waals surface area contributed by atoms with Crippen LogP contribution in [0.5, 0.6) is 11.5 Å². The maximum Gasteiger partial charge on any atom is 0.358 e. The molecule has 176 valence electrons. The molecule has 0 aliphatic heterocycles. The maximum atomic E-state index is 13.3. The summed E-state index contributed by atoms with van der Waals surface area (Å²) in [6.45, 7) is 0. The minimum Gasteiger partial charge on any atom is -0.496 e. The van der Waals surface area contributed by atoms with Crippen molar-refractivity contribution in [1.82, 2.24) is 9.97 Å². The first-order chi connectivity index (χ1) is 16.8. The third-order valence-corrected chi connectivity index (χ3v) is 6.39. The van der Waals surface area contributed by atoms with Crippen molar-refractivity contribution in [2.45, 2.75) is 4.90 Å². The highest BCUT2D eigenvalue weighted by Gasteiger charge is 2.21. The number of para-hydroxylation sites is 1. The van der Waals surface area contributed by atoms with Crippen molar-refractivity contribution < 1.29 is 27.8 Å². The van der Waals surface area contributed by atoms with Crippen molar-refractivity contribution in [3.63, 3.8) is 0 Å². The van der Waals surface area contributed by atoms with Crippen LogP contribution in [-0.2, 0) is 10.0 Å². The smallest absolute Gasteiger partial charge is 0.358 e. The number of hydrogen-bond donors (Lipinski definition) is 2. The molecule has 2 heterocycles. The molecule has 35 heavy (non-hydrogen) atoms. The van der Waals surface area contributed by atoms with E-state index in [0.717, 1.165) is 0 Å². The van der Waals surface area contributed by atoms with Crippen LogP contribution >= 0.6 is 0 Å². The summed E-state index contributed by atoms with van der Waals surface area (Å²) in [4.78, 5) is 19.3. The molecule has 0 aliphatic carbocycles. The molecule has 0 fully saturated rings. The van der Waals surface area contributed by atoms with Crippen LogP contribution in [0.25, 0.3) is 10.9 Å². The summed E-state index contributed by atoms with van der Waals surface area (Å²) >= 11 is 0. The van der Waals surface area contributed by atoms with Gasteiger partial charge in [-0.2, -0.15) is 0 Å². The molecule has 0 spiro atoms. The van der Waals surface area contributed by atoms with Gasteiger partial charge in [0.25, 0.3) is 10.0 Å². The summed E-state index contributed by atoms with van der Waals surface area (Å²) in [5.74, 6) is 5.12. The van der Waals surface area contributed by atoms with Gasteiger partial charge in [0.05, 0.1) is 25.4 Å². The number of pyridine rings is 2. The normalized spacial score (nSPS) is 10.8. The van der Waals surface area contributed by atoms with Crippen LogP contribution in [0.4, 0.5) is 5.69 Å². The molecule has 0 saturated heterocycles. The number of aromatic carboxylic acids is 1. The summed E-state index contributed by atoms with van der Waals surface area (Å²) in [6.07, 6.45) is 2.82. The minimum absolute atomic E-state index is 0.00476. The molecule has 2 aromatic heterocycles. The van der Waals surface area contributed by atoms with E-state index in [9.17, 15) is 18.3 Å². The van der Waals surface area contributed by atoms with Gasteiger partial charge in [-0.1, -0.05) is 24.0 Å². The van der Waals surface area contributed by atoms with E-state index >= 15 is 0 Å². The predicted octanol–water partition coefficient (Wildman–Crippen LogP) is 3.55. The molecule has 0 bridgehead atoms. The van der Waals surface area contributed by atoms with E-state index in [2.05, 4.69) is 26.5 Å². The van der Waals surface area contributed by atoms with Crippen molar-refractivity contribution >= 4 is 32.6 Å². The highest BCUT2D eigenvalue weighted by molar-refractivity contribution is 7.93. The second kappa shape index (κ2) is 9.70. The number of rotatable bonds is 6. The predicted molar refractivity (Wildman–Crippen MR) is 129 cm³/mol. The van der Waals surface area contributed by atoms with Gasteiger partial charge >= 0.3 is 5.97 Å². The highest BCUT2D eigenvalue weighted by atomic mass is 32.2. The molecule has 4 aromatic rings. The number of hydrogen-bond acceptors (Lipinski definition) is 7. The van der Waals surface area contributed by atoms with Crippen LogP contribution in [0, 0.1) is 11.8 Å². The van der Waals surface area contributed by atoms with E-state index in [1.807, 2.05) is 0 Å². The van der Waals surface area contributed by atoms with Crippen molar-refractivity contribution in [3.05, 3.63) is 83.8 Å². The number of benzene rings is 2. The third-order valence-electron chi connectivity index (χ3n) is 4.99. The van der Waals surface area contributed by atoms with Crippen molar-refractivity contribution in [2.75, 3.05) is 18.9 Å². The zero-order valence-corrected chi connectivity index (χ0v) is 19.5. The third kappa shape index (κ3) is 4.85. The van der Waals surface area contributed by atoms with Crippen LogP contribution in [0.2, 0.25) is 0 Å². The Morgan fingerprint density at radius 1 is 0.971 bits per heavy atom. The molecule has 0 unspecified atom stereocenters. The molecule has 0 radical (unpaired) electrons. The van der Waals surface area contributed by atoms with Crippen LogP contribution in [-0.4, -0.2) is 43.7 Å². The first kappa shape index (κ1) is 23.5. The summed E-state index contributed by atoms with van der Waals surface area (Å²) in [6, 6.07) is 14.5. The van der Waals surface area contributed by atoms with Crippen molar-refractivity contribution in [2.24, 2.45) is 0 Å². The fourth-order valence-corrected chi connectivity index (χ4v) is 4.61. The number of carboxylic acid groups (broad SMARTS) is 1. The standard InChI is InChI=1S/C25H19N3O6S/c1-33-20-11-12-22(23-18(20)7-5-13-26-23)35(31,32)28-19-8-4-3-6-17(19)10-9-16-14-21(34-2)24(25(29)30)27-15-16/h3-8,11-15,28H,1-2H3,(H,29,30). The molecule has 0 aliphatic rings. The molecular weight excluding hydrogens is 470 g/mol. The lowest BCUT2D eigenvalue weighted by Crippen LogP contribution is -2.14. The maximum absolute atomic E-state index is 13.3. The van der Waals surface area contributed by atoms with E-state index in [1.54, 1.807) is 42.5 Å². The van der Waals surface area contributed by atoms with Crippen LogP contribution in [0.1, 0.15) is 21.6 Å². The Hall–Kier alpha value is -4.62. The van der Waals surface area contributed by atoms with Gasteiger partial charge in [0.1, 0.15) is 10.6 Å². The number of sulfonamides is 1. The molecule has 2 aromatic carbocycles. The molecule has 4 rings (SSSR count). The largest absolute Gasteiger partial charge is 0.496 e. The number of nitrogens with zero attached hydrogens (tertiary/aromatic N) is 2. The zero-order chi connectivity index (χ0) is 25.0. The minimum atomic E-state index is -4.03. The van der Waals surface area contributed by atoms with E-state index in [4.69, 9.17) is 9.47 Å². The van der Waals surface area contributed by atoms with E-state index in [1.165, 1.54) is 38.7 Å². The Labute approximate surface area is 201 Å². The Kier molecular flexibility index (Phi) is 6.53. The average Bonchev–Trinajstić information content (AvgIpc) is 2.86. The molecule has 2 N–H and O–H groups in total. The zero-order valence-electron chi connectivity index (χ0n) is 18.6. The van der Waals surface area contributed by atoms with Gasteiger partial charge in [0.2, 0.25) is 0 Å².